The molecule has 1 aromatic rings. The molecule has 0 amide bonds. The quantitative estimate of drug-likeness (QED) is 0.744. The topological polar surface area (TPSA) is 90.8 Å². The van der Waals surface area contributed by atoms with Gasteiger partial charge in [-0.2, -0.15) is 0 Å². The van der Waals surface area contributed by atoms with Crippen molar-refractivity contribution in [1.82, 2.24) is 4.98 Å². The van der Waals surface area contributed by atoms with Crippen LogP contribution in [-0.2, 0) is 10.0 Å². The van der Waals surface area contributed by atoms with Crippen molar-refractivity contribution in [3.05, 3.63) is 17.7 Å². The van der Waals surface area contributed by atoms with E-state index in [4.69, 9.17) is 0 Å². The van der Waals surface area contributed by atoms with E-state index < -0.39 is 29.0 Å². The number of anilines is 2. The number of nitrogens with zero attached hydrogens (tertiary/aromatic N) is 3. The van der Waals surface area contributed by atoms with Gasteiger partial charge in [0.25, 0.3) is 6.43 Å². The van der Waals surface area contributed by atoms with Crippen molar-refractivity contribution in [2.45, 2.75) is 19.8 Å². The van der Waals surface area contributed by atoms with Gasteiger partial charge in [0.05, 0.1) is 18.4 Å². The molecule has 0 bridgehead atoms. The van der Waals surface area contributed by atoms with Crippen LogP contribution in [0.5, 0.6) is 0 Å². The number of pyridine rings is 1. The van der Waals surface area contributed by atoms with Crippen LogP contribution < -0.4 is 9.21 Å². The molecule has 1 heterocycles. The summed E-state index contributed by atoms with van der Waals surface area (Å²) in [6.07, 6.45) is -0.764. The summed E-state index contributed by atoms with van der Waals surface area (Å²) in [7, 11) is -2.44. The summed E-state index contributed by atoms with van der Waals surface area (Å²) in [6.45, 7) is 1.74. The van der Waals surface area contributed by atoms with Gasteiger partial charge >= 0.3 is 5.97 Å². The van der Waals surface area contributed by atoms with Gasteiger partial charge in [0, 0.05) is 13.6 Å². The summed E-state index contributed by atoms with van der Waals surface area (Å²) in [4.78, 5) is 16.8. The summed E-state index contributed by atoms with van der Waals surface area (Å²) in [6, 6.07) is 2.30. The second-order valence-electron chi connectivity index (χ2n) is 6.38. The second kappa shape index (κ2) is 7.11. The minimum absolute atomic E-state index is 0.0322. The molecule has 2 unspecified atom stereocenters. The van der Waals surface area contributed by atoms with E-state index in [1.54, 1.807) is 0 Å². The number of aromatic nitrogens is 1. The van der Waals surface area contributed by atoms with E-state index >= 15 is 0 Å². The van der Waals surface area contributed by atoms with Gasteiger partial charge in [0.1, 0.15) is 11.6 Å². The Morgan fingerprint density at radius 2 is 1.96 bits per heavy atom. The van der Waals surface area contributed by atoms with E-state index in [2.05, 4.69) is 4.98 Å². The van der Waals surface area contributed by atoms with Gasteiger partial charge in [-0.15, -0.1) is 0 Å². The van der Waals surface area contributed by atoms with E-state index in [-0.39, 0.29) is 23.1 Å². The zero-order valence-corrected chi connectivity index (χ0v) is 15.0. The Balaban J connectivity index is 2.44. The lowest BCUT2D eigenvalue weighted by molar-refractivity contribution is 0.0696. The van der Waals surface area contributed by atoms with Crippen molar-refractivity contribution < 1.29 is 27.1 Å². The number of hydrogen-bond donors (Lipinski definition) is 1. The number of carbonyl (C=O) groups is 1. The Morgan fingerprint density at radius 1 is 1.40 bits per heavy atom. The Bertz CT molecular complexity index is 757. The maximum absolute atomic E-state index is 13.0. The standard InChI is InChI=1S/C15H21F2N3O4S/c1-9-4-11(9)7-20(8-12(16)17)14-6-10(15(21)22)5-13(18-14)19(2)25(3,23)24/h5-6,9,11-12H,4,7-8H2,1-3H3,(H,21,22). The fraction of sp³-hybridized carbons (Fsp3) is 0.600. The normalized spacial score (nSPS) is 19.8. The van der Waals surface area contributed by atoms with E-state index in [1.165, 1.54) is 18.0 Å². The molecular formula is C15H21F2N3O4S. The SMILES string of the molecule is CC1CC1CN(CC(F)F)c1cc(C(=O)O)cc(N(C)S(C)(=O)=O)n1. The summed E-state index contributed by atoms with van der Waals surface area (Å²) >= 11 is 0. The Labute approximate surface area is 145 Å². The van der Waals surface area contributed by atoms with Crippen molar-refractivity contribution >= 4 is 27.6 Å². The van der Waals surface area contributed by atoms with E-state index in [1.807, 2.05) is 6.92 Å². The molecule has 1 N–H and O–H groups in total. The van der Waals surface area contributed by atoms with Crippen molar-refractivity contribution in [2.75, 3.05) is 35.6 Å². The number of sulfonamides is 1. The zero-order chi connectivity index (χ0) is 18.9. The molecule has 2 rings (SSSR count). The zero-order valence-electron chi connectivity index (χ0n) is 14.2. The van der Waals surface area contributed by atoms with Crippen molar-refractivity contribution in [1.29, 1.82) is 0 Å². The van der Waals surface area contributed by atoms with Crippen LogP contribution in [0.25, 0.3) is 0 Å². The van der Waals surface area contributed by atoms with Gasteiger partial charge in [-0.25, -0.2) is 27.0 Å². The Hall–Kier alpha value is -1.97. The van der Waals surface area contributed by atoms with Crippen LogP contribution >= 0.6 is 0 Å². The molecule has 0 saturated heterocycles. The Morgan fingerprint density at radius 3 is 2.40 bits per heavy atom. The van der Waals surface area contributed by atoms with Gasteiger partial charge < -0.3 is 10.0 Å². The molecule has 25 heavy (non-hydrogen) atoms. The molecular weight excluding hydrogens is 356 g/mol. The second-order valence-corrected chi connectivity index (χ2v) is 8.39. The monoisotopic (exact) mass is 377 g/mol. The van der Waals surface area contributed by atoms with Crippen LogP contribution in [0, 0.1) is 11.8 Å². The predicted molar refractivity (Wildman–Crippen MR) is 89.9 cm³/mol. The fourth-order valence-electron chi connectivity index (χ4n) is 2.48. The highest BCUT2D eigenvalue weighted by Gasteiger charge is 2.35. The summed E-state index contributed by atoms with van der Waals surface area (Å²) in [5.74, 6) is -0.722. The van der Waals surface area contributed by atoms with Crippen LogP contribution in [0.15, 0.2) is 12.1 Å². The molecule has 1 aromatic heterocycles. The third-order valence-electron chi connectivity index (χ3n) is 4.28. The minimum atomic E-state index is -3.67. The van der Waals surface area contributed by atoms with E-state index in [9.17, 15) is 27.1 Å². The van der Waals surface area contributed by atoms with Crippen molar-refractivity contribution in [2.24, 2.45) is 11.8 Å². The number of alkyl halides is 2. The first kappa shape index (κ1) is 19.4. The highest BCUT2D eigenvalue weighted by atomic mass is 32.2. The first-order valence-electron chi connectivity index (χ1n) is 7.71. The number of rotatable bonds is 8. The summed E-state index contributed by atoms with van der Waals surface area (Å²) < 4.78 is 50.1. The van der Waals surface area contributed by atoms with Crippen LogP contribution in [0.4, 0.5) is 20.4 Å². The van der Waals surface area contributed by atoms with Gasteiger partial charge in [0.15, 0.2) is 0 Å². The van der Waals surface area contributed by atoms with Gasteiger partial charge in [-0.3, -0.25) is 4.31 Å². The molecule has 140 valence electrons. The van der Waals surface area contributed by atoms with Crippen LogP contribution in [-0.4, -0.2) is 57.3 Å². The maximum atomic E-state index is 13.0. The van der Waals surface area contributed by atoms with Crippen LogP contribution in [0.3, 0.4) is 0 Å². The molecule has 0 spiro atoms. The first-order chi connectivity index (χ1) is 11.5. The molecule has 10 heteroatoms. The maximum Gasteiger partial charge on any atom is 0.335 e. The number of halogens is 2. The predicted octanol–water partition coefficient (Wildman–Crippen LogP) is 1.90. The van der Waals surface area contributed by atoms with E-state index in [0.29, 0.717) is 12.5 Å². The molecule has 1 aliphatic rings. The molecule has 1 saturated carbocycles. The fourth-order valence-corrected chi connectivity index (χ4v) is 2.92. The molecule has 2 atom stereocenters. The lowest BCUT2D eigenvalue weighted by Crippen LogP contribution is -2.33. The molecule has 0 aliphatic heterocycles. The van der Waals surface area contributed by atoms with Crippen molar-refractivity contribution in [3.63, 3.8) is 0 Å². The lowest BCUT2D eigenvalue weighted by Gasteiger charge is -2.25. The number of aromatic carboxylic acids is 1. The lowest BCUT2D eigenvalue weighted by atomic mass is 10.2. The number of carboxylic acid groups (broad SMARTS) is 1. The highest BCUT2D eigenvalue weighted by molar-refractivity contribution is 7.92. The smallest absolute Gasteiger partial charge is 0.335 e. The largest absolute Gasteiger partial charge is 0.478 e. The molecule has 1 aliphatic carbocycles. The third kappa shape index (κ3) is 5.00. The van der Waals surface area contributed by atoms with E-state index in [0.717, 1.165) is 23.0 Å². The molecule has 0 aromatic carbocycles. The van der Waals surface area contributed by atoms with Gasteiger partial charge in [-0.1, -0.05) is 6.92 Å². The van der Waals surface area contributed by atoms with Gasteiger partial charge in [-0.05, 0) is 30.4 Å². The Kier molecular flexibility index (Phi) is 5.50. The average molecular weight is 377 g/mol. The molecule has 7 nitrogen and oxygen atoms in total. The molecule has 0 radical (unpaired) electrons. The van der Waals surface area contributed by atoms with Crippen LogP contribution in [0.2, 0.25) is 0 Å². The summed E-state index contributed by atoms with van der Waals surface area (Å²) in [5, 5.41) is 9.26. The van der Waals surface area contributed by atoms with Crippen LogP contribution in [0.1, 0.15) is 23.7 Å². The first-order valence-corrected chi connectivity index (χ1v) is 9.56. The number of hydrogen-bond acceptors (Lipinski definition) is 5. The van der Waals surface area contributed by atoms with Gasteiger partial charge in [0.2, 0.25) is 10.0 Å². The summed E-state index contributed by atoms with van der Waals surface area (Å²) in [5.41, 5.74) is -0.210. The van der Waals surface area contributed by atoms with Crippen molar-refractivity contribution in [3.8, 4) is 0 Å². The highest BCUT2D eigenvalue weighted by Crippen LogP contribution is 2.39. The average Bonchev–Trinajstić information content (AvgIpc) is 3.19. The number of carboxylic acids is 1. The molecule has 1 fully saturated rings. The third-order valence-corrected chi connectivity index (χ3v) is 5.46. The minimum Gasteiger partial charge on any atom is -0.478 e.